The normalized spacial score (nSPS) is 18.0. The molecule has 1 aromatic carbocycles. The maximum Gasteiger partial charge on any atom is 0.257 e. The first-order valence-electron chi connectivity index (χ1n) is 6.38. The number of nitrogens with zero attached hydrogens (tertiary/aromatic N) is 1. The van der Waals surface area contributed by atoms with Gasteiger partial charge in [0.15, 0.2) is 5.82 Å². The van der Waals surface area contributed by atoms with Gasteiger partial charge in [-0.25, -0.2) is 22.3 Å². The molecule has 8 heteroatoms. The van der Waals surface area contributed by atoms with E-state index in [0.29, 0.717) is 18.7 Å². The summed E-state index contributed by atoms with van der Waals surface area (Å²) in [5.41, 5.74) is -1.11. The standard InChI is InChI=1S/C13H16F2N2O3S/c1-13(2)4-3-5-17(13)12(18)9-6-8(14)7-10(11(9)15)21(16,19)20/h6-7H,3-5H2,1-2H3,(H2,16,19,20). The van der Waals surface area contributed by atoms with Crippen molar-refractivity contribution in [3.05, 3.63) is 29.3 Å². The minimum Gasteiger partial charge on any atom is -0.333 e. The van der Waals surface area contributed by atoms with Gasteiger partial charge in [-0.05, 0) is 38.8 Å². The third kappa shape index (κ3) is 2.91. The van der Waals surface area contributed by atoms with Crippen molar-refractivity contribution in [3.8, 4) is 0 Å². The van der Waals surface area contributed by atoms with Crippen LogP contribution in [0.3, 0.4) is 0 Å². The molecule has 0 aliphatic carbocycles. The van der Waals surface area contributed by atoms with E-state index in [0.717, 1.165) is 12.8 Å². The van der Waals surface area contributed by atoms with Crippen molar-refractivity contribution in [2.45, 2.75) is 37.1 Å². The van der Waals surface area contributed by atoms with Gasteiger partial charge in [-0.15, -0.1) is 0 Å². The molecule has 0 bridgehead atoms. The van der Waals surface area contributed by atoms with Gasteiger partial charge in [0, 0.05) is 12.1 Å². The number of rotatable bonds is 2. The lowest BCUT2D eigenvalue weighted by atomic mass is 10.0. The molecule has 0 saturated carbocycles. The molecule has 0 unspecified atom stereocenters. The Morgan fingerprint density at radius 1 is 1.33 bits per heavy atom. The molecule has 1 aromatic rings. The number of hydrogen-bond donors (Lipinski definition) is 1. The highest BCUT2D eigenvalue weighted by Crippen LogP contribution is 2.31. The molecule has 2 N–H and O–H groups in total. The number of hydrogen-bond acceptors (Lipinski definition) is 3. The molecule has 21 heavy (non-hydrogen) atoms. The molecule has 1 amide bonds. The van der Waals surface area contributed by atoms with Crippen molar-refractivity contribution in [2.75, 3.05) is 6.54 Å². The highest BCUT2D eigenvalue weighted by Gasteiger charge is 2.37. The van der Waals surface area contributed by atoms with E-state index < -0.39 is 43.6 Å². The Balaban J connectivity index is 2.55. The number of primary sulfonamides is 1. The third-order valence-electron chi connectivity index (χ3n) is 3.69. The van der Waals surface area contributed by atoms with E-state index in [1.807, 2.05) is 13.8 Å². The summed E-state index contributed by atoms with van der Waals surface area (Å²) in [5, 5.41) is 4.84. The average molecular weight is 318 g/mol. The molecule has 1 fully saturated rings. The summed E-state index contributed by atoms with van der Waals surface area (Å²) in [6.45, 7) is 4.04. The summed E-state index contributed by atoms with van der Waals surface area (Å²) in [5.74, 6) is -3.08. The smallest absolute Gasteiger partial charge is 0.257 e. The lowest BCUT2D eigenvalue weighted by Gasteiger charge is -2.31. The summed E-state index contributed by atoms with van der Waals surface area (Å²) >= 11 is 0. The molecule has 116 valence electrons. The van der Waals surface area contributed by atoms with Gasteiger partial charge in [-0.3, -0.25) is 4.79 Å². The number of carbonyl (C=O) groups excluding carboxylic acids is 1. The summed E-state index contributed by atoms with van der Waals surface area (Å²) in [4.78, 5) is 12.8. The van der Waals surface area contributed by atoms with Crippen molar-refractivity contribution in [1.82, 2.24) is 4.90 Å². The van der Waals surface area contributed by atoms with E-state index in [9.17, 15) is 22.0 Å². The molecule has 0 atom stereocenters. The molecular formula is C13H16F2N2O3S. The van der Waals surface area contributed by atoms with E-state index in [-0.39, 0.29) is 0 Å². The first-order chi connectivity index (χ1) is 9.54. The Morgan fingerprint density at radius 3 is 2.43 bits per heavy atom. The summed E-state index contributed by atoms with van der Waals surface area (Å²) < 4.78 is 50.3. The maximum atomic E-state index is 14.2. The van der Waals surface area contributed by atoms with Gasteiger partial charge in [-0.1, -0.05) is 0 Å². The predicted molar refractivity (Wildman–Crippen MR) is 72.1 cm³/mol. The van der Waals surface area contributed by atoms with Gasteiger partial charge in [0.05, 0.1) is 5.56 Å². The third-order valence-corrected chi connectivity index (χ3v) is 4.60. The molecular weight excluding hydrogens is 302 g/mol. The summed E-state index contributed by atoms with van der Waals surface area (Å²) in [6.07, 6.45) is 1.48. The van der Waals surface area contributed by atoms with Crippen molar-refractivity contribution >= 4 is 15.9 Å². The number of sulfonamides is 1. The Kier molecular flexibility index (Phi) is 3.79. The minimum atomic E-state index is -4.45. The van der Waals surface area contributed by atoms with E-state index in [1.54, 1.807) is 0 Å². The van der Waals surface area contributed by atoms with E-state index in [1.165, 1.54) is 4.90 Å². The lowest BCUT2D eigenvalue weighted by molar-refractivity contribution is 0.0646. The van der Waals surface area contributed by atoms with Crippen LogP contribution in [-0.4, -0.2) is 31.3 Å². The minimum absolute atomic E-state index is 0.409. The number of carbonyl (C=O) groups is 1. The molecule has 1 aliphatic rings. The lowest BCUT2D eigenvalue weighted by Crippen LogP contribution is -2.43. The Bertz CT molecular complexity index is 702. The van der Waals surface area contributed by atoms with E-state index >= 15 is 0 Å². The fourth-order valence-corrected chi connectivity index (χ4v) is 3.19. The van der Waals surface area contributed by atoms with Gasteiger partial charge in [-0.2, -0.15) is 0 Å². The number of amides is 1. The van der Waals surface area contributed by atoms with Gasteiger partial charge in [0.2, 0.25) is 10.0 Å². The van der Waals surface area contributed by atoms with Gasteiger partial charge >= 0.3 is 0 Å². The van der Waals surface area contributed by atoms with Crippen LogP contribution in [0.1, 0.15) is 37.0 Å². The Labute approximate surface area is 121 Å². The Morgan fingerprint density at radius 2 is 1.95 bits per heavy atom. The molecule has 1 heterocycles. The van der Waals surface area contributed by atoms with Crippen LogP contribution in [0.5, 0.6) is 0 Å². The van der Waals surface area contributed by atoms with Gasteiger partial charge in [0.25, 0.3) is 5.91 Å². The quantitative estimate of drug-likeness (QED) is 0.900. The molecule has 1 saturated heterocycles. The van der Waals surface area contributed by atoms with Crippen LogP contribution in [0, 0.1) is 11.6 Å². The highest BCUT2D eigenvalue weighted by molar-refractivity contribution is 7.89. The SMILES string of the molecule is CC1(C)CCCN1C(=O)c1cc(F)cc(S(N)(=O)=O)c1F. The average Bonchev–Trinajstić information content (AvgIpc) is 2.69. The fourth-order valence-electron chi connectivity index (χ4n) is 2.56. The summed E-state index contributed by atoms with van der Waals surface area (Å²) in [7, 11) is -4.45. The van der Waals surface area contributed by atoms with Gasteiger partial charge in [0.1, 0.15) is 10.7 Å². The zero-order valence-electron chi connectivity index (χ0n) is 11.7. The second kappa shape index (κ2) is 5.03. The second-order valence-corrected chi connectivity index (χ2v) is 7.21. The summed E-state index contributed by atoms with van der Waals surface area (Å²) in [6, 6.07) is 1.16. The van der Waals surface area contributed by atoms with Crippen LogP contribution in [0.2, 0.25) is 0 Å². The van der Waals surface area contributed by atoms with E-state index in [4.69, 9.17) is 5.14 Å². The number of halogens is 2. The second-order valence-electron chi connectivity index (χ2n) is 5.68. The maximum absolute atomic E-state index is 14.2. The van der Waals surface area contributed by atoms with Crippen LogP contribution in [0.15, 0.2) is 17.0 Å². The van der Waals surface area contributed by atoms with Crippen LogP contribution in [-0.2, 0) is 10.0 Å². The fraction of sp³-hybridized carbons (Fsp3) is 0.462. The number of benzene rings is 1. The van der Waals surface area contributed by atoms with Crippen LogP contribution >= 0.6 is 0 Å². The molecule has 2 rings (SSSR count). The molecule has 0 radical (unpaired) electrons. The number of likely N-dealkylation sites (tertiary alicyclic amines) is 1. The molecule has 0 aromatic heterocycles. The zero-order valence-corrected chi connectivity index (χ0v) is 12.5. The van der Waals surface area contributed by atoms with Crippen molar-refractivity contribution in [1.29, 1.82) is 0 Å². The number of nitrogens with two attached hydrogens (primary N) is 1. The van der Waals surface area contributed by atoms with Crippen molar-refractivity contribution in [3.63, 3.8) is 0 Å². The van der Waals surface area contributed by atoms with Crippen molar-refractivity contribution < 1.29 is 22.0 Å². The van der Waals surface area contributed by atoms with E-state index in [2.05, 4.69) is 0 Å². The molecule has 0 spiro atoms. The van der Waals surface area contributed by atoms with Crippen LogP contribution in [0.4, 0.5) is 8.78 Å². The molecule has 5 nitrogen and oxygen atoms in total. The Hall–Kier alpha value is -1.54. The largest absolute Gasteiger partial charge is 0.333 e. The van der Waals surface area contributed by atoms with Crippen LogP contribution < -0.4 is 5.14 Å². The predicted octanol–water partition coefficient (Wildman–Crippen LogP) is 1.63. The topological polar surface area (TPSA) is 80.5 Å². The first-order valence-corrected chi connectivity index (χ1v) is 7.92. The first kappa shape index (κ1) is 15.8. The molecule has 1 aliphatic heterocycles. The van der Waals surface area contributed by atoms with Crippen LogP contribution in [0.25, 0.3) is 0 Å². The monoisotopic (exact) mass is 318 g/mol. The van der Waals surface area contributed by atoms with Crippen molar-refractivity contribution in [2.24, 2.45) is 5.14 Å². The zero-order chi connectivity index (χ0) is 16.0. The highest BCUT2D eigenvalue weighted by atomic mass is 32.2. The van der Waals surface area contributed by atoms with Gasteiger partial charge < -0.3 is 4.90 Å².